The van der Waals surface area contributed by atoms with Crippen LogP contribution in [0.4, 0.5) is 0 Å². The highest BCUT2D eigenvalue weighted by molar-refractivity contribution is 9.10. The van der Waals surface area contributed by atoms with E-state index in [0.29, 0.717) is 29.0 Å². The van der Waals surface area contributed by atoms with Crippen LogP contribution in [0.25, 0.3) is 0 Å². The van der Waals surface area contributed by atoms with Crippen molar-refractivity contribution in [1.82, 2.24) is 10.3 Å². The zero-order valence-corrected chi connectivity index (χ0v) is 18.6. The molecular weight excluding hydrogens is 481 g/mol. The predicted octanol–water partition coefficient (Wildman–Crippen LogP) is 4.12. The number of nitrogens with zero attached hydrogens (tertiary/aromatic N) is 2. The van der Waals surface area contributed by atoms with Crippen LogP contribution in [0.2, 0.25) is 10.0 Å². The van der Waals surface area contributed by atoms with E-state index in [0.717, 1.165) is 28.7 Å². The normalized spacial score (nSPS) is 14.9. The quantitative estimate of drug-likeness (QED) is 0.459. The minimum Gasteiger partial charge on any atom is -0.488 e. The Morgan fingerprint density at radius 3 is 2.79 bits per heavy atom. The van der Waals surface area contributed by atoms with Gasteiger partial charge in [0.1, 0.15) is 12.4 Å². The molecule has 29 heavy (non-hydrogen) atoms. The number of carbonyl (C=O) groups excluding carboxylic acids is 1. The number of halogens is 3. The largest absolute Gasteiger partial charge is 0.488 e. The van der Waals surface area contributed by atoms with Gasteiger partial charge in [-0.3, -0.25) is 9.69 Å². The van der Waals surface area contributed by atoms with Gasteiger partial charge < -0.3 is 9.47 Å². The standard InChI is InChI=1S/C20H20BrCl2N3O3/c21-16-2-4-19(29-13-14-1-3-17(22)10-18(14)23)15(9-16)11-24-25-20(27)12-26-5-7-28-8-6-26/h1-4,9-11H,5-8,12-13H2,(H,25,27)/b24-11+. The topological polar surface area (TPSA) is 63.2 Å². The fraction of sp³-hybridized carbons (Fsp3) is 0.300. The van der Waals surface area contributed by atoms with Crippen LogP contribution in [-0.2, 0) is 16.1 Å². The third-order valence-corrected chi connectivity index (χ3v) is 5.31. The first-order valence-corrected chi connectivity index (χ1v) is 10.5. The van der Waals surface area contributed by atoms with Crippen molar-refractivity contribution in [2.24, 2.45) is 5.10 Å². The number of benzene rings is 2. The smallest absolute Gasteiger partial charge is 0.254 e. The van der Waals surface area contributed by atoms with E-state index >= 15 is 0 Å². The number of amides is 1. The van der Waals surface area contributed by atoms with E-state index in [1.54, 1.807) is 18.3 Å². The third-order valence-electron chi connectivity index (χ3n) is 4.23. The first kappa shape index (κ1) is 22.1. The second-order valence-electron chi connectivity index (χ2n) is 6.39. The molecule has 0 bridgehead atoms. The third kappa shape index (κ3) is 6.97. The second kappa shape index (κ2) is 10.9. The van der Waals surface area contributed by atoms with Crippen molar-refractivity contribution in [2.45, 2.75) is 6.61 Å². The number of rotatable bonds is 7. The van der Waals surface area contributed by atoms with Crippen LogP contribution >= 0.6 is 39.1 Å². The van der Waals surface area contributed by atoms with Crippen LogP contribution in [0.1, 0.15) is 11.1 Å². The zero-order valence-electron chi connectivity index (χ0n) is 15.5. The number of morpholine rings is 1. The van der Waals surface area contributed by atoms with E-state index in [2.05, 4.69) is 26.5 Å². The number of hydrogen-bond acceptors (Lipinski definition) is 5. The first-order chi connectivity index (χ1) is 14.0. The Labute approximate surface area is 187 Å². The van der Waals surface area contributed by atoms with Crippen molar-refractivity contribution >= 4 is 51.3 Å². The van der Waals surface area contributed by atoms with Crippen molar-refractivity contribution in [1.29, 1.82) is 0 Å². The number of carbonyl (C=O) groups is 1. The maximum absolute atomic E-state index is 12.1. The molecule has 2 aromatic rings. The van der Waals surface area contributed by atoms with E-state index in [4.69, 9.17) is 32.7 Å². The highest BCUT2D eigenvalue weighted by Gasteiger charge is 2.13. The van der Waals surface area contributed by atoms with E-state index in [-0.39, 0.29) is 19.1 Å². The maximum atomic E-state index is 12.1. The summed E-state index contributed by atoms with van der Waals surface area (Å²) in [4.78, 5) is 14.1. The van der Waals surface area contributed by atoms with Crippen LogP contribution in [0.5, 0.6) is 5.75 Å². The molecule has 0 spiro atoms. The van der Waals surface area contributed by atoms with Crippen LogP contribution in [0.3, 0.4) is 0 Å². The highest BCUT2D eigenvalue weighted by atomic mass is 79.9. The average Bonchev–Trinajstić information content (AvgIpc) is 2.69. The molecule has 0 aromatic heterocycles. The molecule has 1 aliphatic rings. The van der Waals surface area contributed by atoms with Gasteiger partial charge in [-0.15, -0.1) is 0 Å². The molecule has 3 rings (SSSR count). The van der Waals surface area contributed by atoms with Crippen molar-refractivity contribution < 1.29 is 14.3 Å². The van der Waals surface area contributed by atoms with E-state index in [1.807, 2.05) is 29.2 Å². The summed E-state index contributed by atoms with van der Waals surface area (Å²) in [5.74, 6) is 0.443. The maximum Gasteiger partial charge on any atom is 0.254 e. The number of hydrazone groups is 1. The Bertz CT molecular complexity index is 889. The molecule has 6 nitrogen and oxygen atoms in total. The fourth-order valence-corrected chi connectivity index (χ4v) is 3.56. The first-order valence-electron chi connectivity index (χ1n) is 8.99. The molecule has 154 valence electrons. The summed E-state index contributed by atoms with van der Waals surface area (Å²) in [5, 5.41) is 5.18. The van der Waals surface area contributed by atoms with Crippen LogP contribution in [-0.4, -0.2) is 49.9 Å². The lowest BCUT2D eigenvalue weighted by molar-refractivity contribution is -0.123. The van der Waals surface area contributed by atoms with Gasteiger partial charge in [0.05, 0.1) is 26.0 Å². The Morgan fingerprint density at radius 2 is 2.03 bits per heavy atom. The van der Waals surface area contributed by atoms with Gasteiger partial charge >= 0.3 is 0 Å². The van der Waals surface area contributed by atoms with Gasteiger partial charge in [-0.1, -0.05) is 45.2 Å². The molecule has 1 amide bonds. The van der Waals surface area contributed by atoms with Gasteiger partial charge in [0.15, 0.2) is 0 Å². The molecule has 1 heterocycles. The lowest BCUT2D eigenvalue weighted by atomic mass is 10.2. The number of ether oxygens (including phenoxy) is 2. The average molecular weight is 501 g/mol. The van der Waals surface area contributed by atoms with Gasteiger partial charge in [-0.05, 0) is 30.3 Å². The lowest BCUT2D eigenvalue weighted by Crippen LogP contribution is -2.42. The predicted molar refractivity (Wildman–Crippen MR) is 118 cm³/mol. The van der Waals surface area contributed by atoms with Crippen LogP contribution in [0.15, 0.2) is 46.0 Å². The van der Waals surface area contributed by atoms with Gasteiger partial charge in [-0.25, -0.2) is 5.43 Å². The van der Waals surface area contributed by atoms with E-state index in [9.17, 15) is 4.79 Å². The SMILES string of the molecule is O=C(CN1CCOCC1)N/N=C/c1cc(Br)ccc1OCc1ccc(Cl)cc1Cl. The molecule has 1 N–H and O–H groups in total. The van der Waals surface area contributed by atoms with Gasteiger partial charge in [-0.2, -0.15) is 5.10 Å². The summed E-state index contributed by atoms with van der Waals surface area (Å²) in [5.41, 5.74) is 4.09. The van der Waals surface area contributed by atoms with Gasteiger partial charge in [0.2, 0.25) is 0 Å². The number of nitrogens with one attached hydrogen (secondary N) is 1. The Morgan fingerprint density at radius 1 is 1.24 bits per heavy atom. The summed E-state index contributed by atoms with van der Waals surface area (Å²) < 4.78 is 12.1. The molecule has 0 atom stereocenters. The highest BCUT2D eigenvalue weighted by Crippen LogP contribution is 2.25. The monoisotopic (exact) mass is 499 g/mol. The van der Waals surface area contributed by atoms with Crippen molar-refractivity contribution in [3.8, 4) is 5.75 Å². The van der Waals surface area contributed by atoms with E-state index < -0.39 is 0 Å². The molecule has 1 fully saturated rings. The summed E-state index contributed by atoms with van der Waals surface area (Å²) >= 11 is 15.6. The molecule has 0 unspecified atom stereocenters. The van der Waals surface area contributed by atoms with Crippen LogP contribution in [0, 0.1) is 0 Å². The fourth-order valence-electron chi connectivity index (χ4n) is 2.72. The second-order valence-corrected chi connectivity index (χ2v) is 8.15. The van der Waals surface area contributed by atoms with E-state index in [1.165, 1.54) is 0 Å². The molecule has 0 saturated carbocycles. The summed E-state index contributed by atoms with van der Waals surface area (Å²) in [6, 6.07) is 10.8. The minimum atomic E-state index is -0.173. The van der Waals surface area contributed by atoms with Crippen molar-refractivity contribution in [3.05, 3.63) is 62.0 Å². The molecule has 2 aromatic carbocycles. The Hall–Kier alpha value is -1.64. The van der Waals surface area contributed by atoms with Crippen molar-refractivity contribution in [2.75, 3.05) is 32.8 Å². The minimum absolute atomic E-state index is 0.173. The van der Waals surface area contributed by atoms with Gasteiger partial charge in [0, 0.05) is 38.7 Å². The molecule has 0 aliphatic carbocycles. The molecular formula is C20H20BrCl2N3O3. The zero-order chi connectivity index (χ0) is 20.6. The summed E-state index contributed by atoms with van der Waals surface area (Å²) in [6.07, 6.45) is 1.56. The summed E-state index contributed by atoms with van der Waals surface area (Å²) in [7, 11) is 0. The molecule has 1 saturated heterocycles. The lowest BCUT2D eigenvalue weighted by Gasteiger charge is -2.25. The Kier molecular flexibility index (Phi) is 8.32. The molecule has 1 aliphatic heterocycles. The number of hydrogen-bond donors (Lipinski definition) is 1. The molecule has 0 radical (unpaired) electrons. The molecule has 9 heteroatoms. The van der Waals surface area contributed by atoms with Crippen molar-refractivity contribution in [3.63, 3.8) is 0 Å². The summed E-state index contributed by atoms with van der Waals surface area (Å²) in [6.45, 7) is 3.35. The Balaban J connectivity index is 1.60. The van der Waals surface area contributed by atoms with Gasteiger partial charge in [0.25, 0.3) is 5.91 Å². The van der Waals surface area contributed by atoms with Crippen LogP contribution < -0.4 is 10.2 Å².